The van der Waals surface area contributed by atoms with E-state index in [0.717, 1.165) is 51.4 Å². The molecule has 0 aromatic rings. The first-order chi connectivity index (χ1) is 25.6. The summed E-state index contributed by atoms with van der Waals surface area (Å²) in [6.45, 7) is 4.13. The number of hydrogen-bond acceptors (Lipinski definition) is 4. The van der Waals surface area contributed by atoms with Crippen molar-refractivity contribution in [2.75, 3.05) is 6.61 Å². The third-order valence-electron chi connectivity index (χ3n) is 10.2. The molecular formula is C47H87NO4. The Kier molecular flexibility index (Phi) is 40.7. The van der Waals surface area contributed by atoms with Crippen LogP contribution in [0, 0.1) is 0 Å². The molecule has 52 heavy (non-hydrogen) atoms. The molecule has 0 aliphatic carbocycles. The lowest BCUT2D eigenvalue weighted by atomic mass is 10.0. The Morgan fingerprint density at radius 3 is 1.33 bits per heavy atom. The second-order valence-electron chi connectivity index (χ2n) is 15.3. The van der Waals surface area contributed by atoms with Crippen LogP contribution in [0.2, 0.25) is 0 Å². The fourth-order valence-corrected chi connectivity index (χ4v) is 6.64. The van der Waals surface area contributed by atoms with Gasteiger partial charge in [0.1, 0.15) is 6.10 Å². The molecular weight excluding hydrogens is 643 g/mol. The fraction of sp³-hybridized carbons (Fsp3) is 0.809. The molecule has 0 aliphatic heterocycles. The van der Waals surface area contributed by atoms with Crippen LogP contribution in [0.25, 0.3) is 0 Å². The van der Waals surface area contributed by atoms with Gasteiger partial charge in [0.2, 0.25) is 5.91 Å². The van der Waals surface area contributed by atoms with Gasteiger partial charge in [-0.2, -0.15) is 0 Å². The molecule has 1 amide bonds. The zero-order valence-corrected chi connectivity index (χ0v) is 34.4. The van der Waals surface area contributed by atoms with Crippen LogP contribution in [0.5, 0.6) is 0 Å². The van der Waals surface area contributed by atoms with Crippen molar-refractivity contribution in [1.82, 2.24) is 5.32 Å². The quantitative estimate of drug-likeness (QED) is 0.0287. The molecule has 304 valence electrons. The average molecular weight is 730 g/mol. The molecule has 0 spiro atoms. The summed E-state index contributed by atoms with van der Waals surface area (Å²) in [5, 5.41) is 33.5. The van der Waals surface area contributed by atoms with E-state index in [2.05, 4.69) is 67.8 Å². The van der Waals surface area contributed by atoms with Crippen molar-refractivity contribution in [3.05, 3.63) is 48.6 Å². The van der Waals surface area contributed by atoms with Gasteiger partial charge in [-0.1, -0.05) is 184 Å². The summed E-state index contributed by atoms with van der Waals surface area (Å²) >= 11 is 0. The summed E-state index contributed by atoms with van der Waals surface area (Å²) in [6, 6.07) is -0.839. The molecule has 3 atom stereocenters. The maximum Gasteiger partial charge on any atom is 0.220 e. The predicted octanol–water partition coefficient (Wildman–Crippen LogP) is 12.9. The zero-order chi connectivity index (χ0) is 38.0. The van der Waals surface area contributed by atoms with Crippen molar-refractivity contribution in [3.8, 4) is 0 Å². The van der Waals surface area contributed by atoms with Crippen LogP contribution in [0.3, 0.4) is 0 Å². The largest absolute Gasteiger partial charge is 0.394 e. The van der Waals surface area contributed by atoms with Gasteiger partial charge in [0.25, 0.3) is 0 Å². The summed E-state index contributed by atoms with van der Waals surface area (Å²) in [6.07, 6.45) is 53.7. The molecule has 0 saturated carbocycles. The van der Waals surface area contributed by atoms with Crippen molar-refractivity contribution in [2.45, 2.75) is 238 Å². The summed E-state index contributed by atoms with van der Waals surface area (Å²) in [5.74, 6) is -0.172. The van der Waals surface area contributed by atoms with Crippen molar-refractivity contribution in [1.29, 1.82) is 0 Å². The second kappa shape index (κ2) is 42.1. The summed E-state index contributed by atoms with van der Waals surface area (Å²) in [7, 11) is 0. The zero-order valence-electron chi connectivity index (χ0n) is 34.4. The van der Waals surface area contributed by atoms with E-state index in [9.17, 15) is 20.1 Å². The molecule has 0 aromatic heterocycles. The van der Waals surface area contributed by atoms with Gasteiger partial charge in [-0.15, -0.1) is 0 Å². The van der Waals surface area contributed by atoms with Gasteiger partial charge in [0.15, 0.2) is 0 Å². The standard InChI is InChI=1S/C47H87NO4/c1-3-5-7-9-11-13-15-17-19-20-21-22-23-24-25-26-28-29-31-33-35-37-39-41-45(50)47(52)44(43-49)48-46(51)42-40-38-36-34-32-30-27-18-16-14-12-10-8-6-4-2/h12,14,16,18,26,28,33,35,44-45,47,49-50,52H,3-11,13,15,17,19-25,27,29-32,34,36-43H2,1-2H3,(H,48,51)/b14-12-,18-16-,28-26+,35-33+. The maximum atomic E-state index is 12.4. The summed E-state index contributed by atoms with van der Waals surface area (Å²) in [4.78, 5) is 12.4. The number of amides is 1. The Balaban J connectivity index is 3.71. The highest BCUT2D eigenvalue weighted by molar-refractivity contribution is 5.76. The number of aliphatic hydroxyl groups excluding tert-OH is 3. The van der Waals surface area contributed by atoms with Gasteiger partial charge in [-0.25, -0.2) is 0 Å². The first-order valence-corrected chi connectivity index (χ1v) is 22.4. The Labute approximate surface area is 323 Å². The van der Waals surface area contributed by atoms with Crippen molar-refractivity contribution >= 4 is 5.91 Å². The number of aliphatic hydroxyl groups is 3. The van der Waals surface area contributed by atoms with Crippen LogP contribution in [0.15, 0.2) is 48.6 Å². The molecule has 3 unspecified atom stereocenters. The van der Waals surface area contributed by atoms with E-state index in [-0.39, 0.29) is 12.5 Å². The topological polar surface area (TPSA) is 89.8 Å². The van der Waals surface area contributed by atoms with Gasteiger partial charge >= 0.3 is 0 Å². The van der Waals surface area contributed by atoms with E-state index < -0.39 is 18.2 Å². The molecule has 0 rings (SSSR count). The molecule has 4 N–H and O–H groups in total. The minimum atomic E-state index is -1.17. The Hall–Kier alpha value is -1.69. The van der Waals surface area contributed by atoms with Gasteiger partial charge in [-0.05, 0) is 77.0 Å². The molecule has 0 bridgehead atoms. The maximum absolute atomic E-state index is 12.4. The van der Waals surface area contributed by atoms with Crippen molar-refractivity contribution in [3.63, 3.8) is 0 Å². The minimum absolute atomic E-state index is 0.172. The molecule has 5 heteroatoms. The van der Waals surface area contributed by atoms with E-state index in [0.29, 0.717) is 12.8 Å². The van der Waals surface area contributed by atoms with Crippen LogP contribution in [-0.4, -0.2) is 46.1 Å². The Morgan fingerprint density at radius 1 is 0.481 bits per heavy atom. The van der Waals surface area contributed by atoms with Crippen LogP contribution in [0.4, 0.5) is 0 Å². The summed E-state index contributed by atoms with van der Waals surface area (Å²) in [5.41, 5.74) is 0. The highest BCUT2D eigenvalue weighted by Crippen LogP contribution is 2.15. The number of allylic oxidation sites excluding steroid dienone is 8. The first kappa shape index (κ1) is 50.3. The number of unbranched alkanes of at least 4 members (excludes halogenated alkanes) is 25. The normalized spacial score (nSPS) is 14.0. The third-order valence-corrected chi connectivity index (χ3v) is 10.2. The van der Waals surface area contributed by atoms with Crippen LogP contribution >= 0.6 is 0 Å². The number of carbonyl (C=O) groups is 1. The van der Waals surface area contributed by atoms with Crippen LogP contribution < -0.4 is 5.32 Å². The molecule has 5 nitrogen and oxygen atoms in total. The van der Waals surface area contributed by atoms with E-state index in [1.807, 2.05) is 0 Å². The second-order valence-corrected chi connectivity index (χ2v) is 15.3. The fourth-order valence-electron chi connectivity index (χ4n) is 6.64. The molecule has 0 radical (unpaired) electrons. The van der Waals surface area contributed by atoms with Gasteiger partial charge in [-0.3, -0.25) is 4.79 Å². The first-order valence-electron chi connectivity index (χ1n) is 22.4. The molecule has 0 saturated heterocycles. The monoisotopic (exact) mass is 730 g/mol. The molecule has 0 aliphatic rings. The van der Waals surface area contributed by atoms with E-state index in [4.69, 9.17) is 0 Å². The molecule has 0 fully saturated rings. The minimum Gasteiger partial charge on any atom is -0.394 e. The smallest absolute Gasteiger partial charge is 0.220 e. The number of carbonyl (C=O) groups excluding carboxylic acids is 1. The highest BCUT2D eigenvalue weighted by atomic mass is 16.3. The van der Waals surface area contributed by atoms with E-state index >= 15 is 0 Å². The summed E-state index contributed by atoms with van der Waals surface area (Å²) < 4.78 is 0. The molecule has 0 aromatic carbocycles. The third kappa shape index (κ3) is 36.7. The van der Waals surface area contributed by atoms with Crippen LogP contribution in [0.1, 0.15) is 219 Å². The lowest BCUT2D eigenvalue weighted by Gasteiger charge is -2.26. The lowest BCUT2D eigenvalue weighted by Crippen LogP contribution is -2.50. The van der Waals surface area contributed by atoms with Crippen LogP contribution in [-0.2, 0) is 4.79 Å². The van der Waals surface area contributed by atoms with Crippen molar-refractivity contribution in [2.24, 2.45) is 0 Å². The van der Waals surface area contributed by atoms with Gasteiger partial charge in [0, 0.05) is 6.42 Å². The number of hydrogen-bond donors (Lipinski definition) is 4. The number of nitrogens with one attached hydrogen (secondary N) is 1. The lowest BCUT2D eigenvalue weighted by molar-refractivity contribution is -0.124. The predicted molar refractivity (Wildman–Crippen MR) is 227 cm³/mol. The van der Waals surface area contributed by atoms with Gasteiger partial charge in [0.05, 0.1) is 18.8 Å². The van der Waals surface area contributed by atoms with Gasteiger partial charge < -0.3 is 20.6 Å². The van der Waals surface area contributed by atoms with E-state index in [1.54, 1.807) is 0 Å². The highest BCUT2D eigenvalue weighted by Gasteiger charge is 2.26. The SMILES string of the molecule is CCCCC/C=C\C=C/CCCCCCCCC(=O)NC(CO)C(O)C(O)CCC/C=C/CC/C=C/CCCCCCCCCCCCCCCC. The average Bonchev–Trinajstić information content (AvgIpc) is 3.15. The van der Waals surface area contributed by atoms with Crippen molar-refractivity contribution < 1.29 is 20.1 Å². The molecule has 0 heterocycles. The Morgan fingerprint density at radius 2 is 0.846 bits per heavy atom. The Bertz CT molecular complexity index is 850. The van der Waals surface area contributed by atoms with E-state index in [1.165, 1.54) is 141 Å². The number of rotatable bonds is 40.